The molecule has 0 fully saturated rings. The van der Waals surface area contributed by atoms with Crippen molar-refractivity contribution in [2.75, 3.05) is 23.8 Å². The molecule has 0 bridgehead atoms. The number of nitrogens with zero attached hydrogens (tertiary/aromatic N) is 2. The number of ether oxygens (including phenoxy) is 2. The van der Waals surface area contributed by atoms with Crippen molar-refractivity contribution in [2.24, 2.45) is 0 Å². The maximum absolute atomic E-state index is 12.4. The summed E-state index contributed by atoms with van der Waals surface area (Å²) in [7, 11) is 0. The average Bonchev–Trinajstić information content (AvgIpc) is 2.53. The van der Waals surface area contributed by atoms with Crippen LogP contribution in [0.4, 0.5) is 11.5 Å². The highest BCUT2D eigenvalue weighted by atomic mass is 16.6. The molecule has 1 amide bonds. The SMILES string of the molecule is CC(C)(C)Nc1cc(C(=O)Nc2ccc3c(c2)OCCO3)ncn1. The Hall–Kier alpha value is -2.83. The van der Waals surface area contributed by atoms with Crippen LogP contribution in [-0.4, -0.2) is 34.6 Å². The van der Waals surface area contributed by atoms with Crippen LogP contribution in [0.3, 0.4) is 0 Å². The molecule has 1 aromatic heterocycles. The molecule has 7 nitrogen and oxygen atoms in total. The Kier molecular flexibility index (Phi) is 4.24. The minimum atomic E-state index is -0.314. The molecule has 1 aromatic carbocycles. The summed E-state index contributed by atoms with van der Waals surface area (Å²) >= 11 is 0. The smallest absolute Gasteiger partial charge is 0.274 e. The number of anilines is 2. The van der Waals surface area contributed by atoms with Crippen molar-refractivity contribution < 1.29 is 14.3 Å². The van der Waals surface area contributed by atoms with Crippen LogP contribution in [0, 0.1) is 0 Å². The lowest BCUT2D eigenvalue weighted by Crippen LogP contribution is -2.27. The first-order chi connectivity index (χ1) is 11.4. The van der Waals surface area contributed by atoms with Gasteiger partial charge >= 0.3 is 0 Å². The minimum Gasteiger partial charge on any atom is -0.486 e. The van der Waals surface area contributed by atoms with E-state index in [1.54, 1.807) is 24.3 Å². The molecule has 0 aliphatic carbocycles. The number of hydrogen-bond donors (Lipinski definition) is 2. The van der Waals surface area contributed by atoms with Crippen LogP contribution in [0.5, 0.6) is 11.5 Å². The Morgan fingerprint density at radius 3 is 2.58 bits per heavy atom. The lowest BCUT2D eigenvalue weighted by molar-refractivity contribution is 0.102. The van der Waals surface area contributed by atoms with E-state index in [1.165, 1.54) is 6.33 Å². The first-order valence-electron chi connectivity index (χ1n) is 7.72. The minimum absolute atomic E-state index is 0.155. The van der Waals surface area contributed by atoms with Crippen LogP contribution >= 0.6 is 0 Å². The second-order valence-corrected chi connectivity index (χ2v) is 6.48. The van der Waals surface area contributed by atoms with Crippen molar-refractivity contribution in [3.63, 3.8) is 0 Å². The molecule has 0 unspecified atom stereocenters. The van der Waals surface area contributed by atoms with Crippen LogP contribution in [0.1, 0.15) is 31.3 Å². The second kappa shape index (κ2) is 6.35. The van der Waals surface area contributed by atoms with Gasteiger partial charge in [0, 0.05) is 23.4 Å². The molecule has 24 heavy (non-hydrogen) atoms. The summed E-state index contributed by atoms with van der Waals surface area (Å²) in [6, 6.07) is 6.90. The third-order valence-corrected chi connectivity index (χ3v) is 3.20. The summed E-state index contributed by atoms with van der Waals surface area (Å²) in [5, 5.41) is 6.02. The summed E-state index contributed by atoms with van der Waals surface area (Å²) in [5.74, 6) is 1.59. The van der Waals surface area contributed by atoms with Gasteiger partial charge in [-0.15, -0.1) is 0 Å². The van der Waals surface area contributed by atoms with Gasteiger partial charge in [0.2, 0.25) is 0 Å². The molecule has 0 saturated heterocycles. The molecular formula is C17H20N4O3. The Morgan fingerprint density at radius 1 is 1.08 bits per heavy atom. The number of rotatable bonds is 3. The van der Waals surface area contributed by atoms with Crippen molar-refractivity contribution >= 4 is 17.4 Å². The summed E-state index contributed by atoms with van der Waals surface area (Å²) in [6.07, 6.45) is 1.37. The fraction of sp³-hybridized carbons (Fsp3) is 0.353. The Balaban J connectivity index is 1.74. The monoisotopic (exact) mass is 328 g/mol. The Bertz CT molecular complexity index is 756. The number of aromatic nitrogens is 2. The molecule has 1 aliphatic heterocycles. The van der Waals surface area contributed by atoms with E-state index in [0.717, 1.165) is 0 Å². The Morgan fingerprint density at radius 2 is 1.83 bits per heavy atom. The highest BCUT2D eigenvalue weighted by Gasteiger charge is 2.16. The molecule has 126 valence electrons. The quantitative estimate of drug-likeness (QED) is 0.901. The zero-order valence-corrected chi connectivity index (χ0v) is 13.9. The zero-order chi connectivity index (χ0) is 17.2. The fourth-order valence-electron chi connectivity index (χ4n) is 2.25. The van der Waals surface area contributed by atoms with Gasteiger partial charge in [0.1, 0.15) is 31.1 Å². The predicted molar refractivity (Wildman–Crippen MR) is 90.8 cm³/mol. The maximum atomic E-state index is 12.4. The number of hydrogen-bond acceptors (Lipinski definition) is 6. The van der Waals surface area contributed by atoms with E-state index in [2.05, 4.69) is 20.6 Å². The van der Waals surface area contributed by atoms with E-state index in [-0.39, 0.29) is 17.1 Å². The fourth-order valence-corrected chi connectivity index (χ4v) is 2.25. The predicted octanol–water partition coefficient (Wildman–Crippen LogP) is 2.71. The van der Waals surface area contributed by atoms with Crippen LogP contribution in [-0.2, 0) is 0 Å². The number of nitrogens with one attached hydrogen (secondary N) is 2. The summed E-state index contributed by atoms with van der Waals surface area (Å²) in [6.45, 7) is 7.08. The highest BCUT2D eigenvalue weighted by molar-refractivity contribution is 6.03. The molecular weight excluding hydrogens is 308 g/mol. The largest absolute Gasteiger partial charge is 0.486 e. The maximum Gasteiger partial charge on any atom is 0.274 e. The van der Waals surface area contributed by atoms with Crippen molar-refractivity contribution in [2.45, 2.75) is 26.3 Å². The van der Waals surface area contributed by atoms with Crippen LogP contribution in [0.15, 0.2) is 30.6 Å². The highest BCUT2D eigenvalue weighted by Crippen LogP contribution is 2.32. The third kappa shape index (κ3) is 3.92. The lowest BCUT2D eigenvalue weighted by Gasteiger charge is -2.21. The van der Waals surface area contributed by atoms with Gasteiger partial charge < -0.3 is 20.1 Å². The zero-order valence-electron chi connectivity index (χ0n) is 13.9. The van der Waals surface area contributed by atoms with Crippen molar-refractivity contribution in [3.8, 4) is 11.5 Å². The number of carbonyl (C=O) groups is 1. The number of carbonyl (C=O) groups excluding carboxylic acids is 1. The van der Waals surface area contributed by atoms with Gasteiger partial charge in [-0.3, -0.25) is 4.79 Å². The standard InChI is InChI=1S/C17H20N4O3/c1-17(2,3)21-15-9-12(18-10-19-15)16(22)20-11-4-5-13-14(8-11)24-7-6-23-13/h4-5,8-10H,6-7H2,1-3H3,(H,20,22)(H,18,19,21). The molecule has 1 aliphatic rings. The molecule has 0 spiro atoms. The topological polar surface area (TPSA) is 85.4 Å². The van der Waals surface area contributed by atoms with Crippen molar-refractivity contribution in [3.05, 3.63) is 36.3 Å². The normalized spacial score (nSPS) is 13.3. The van der Waals surface area contributed by atoms with Crippen molar-refractivity contribution in [1.29, 1.82) is 0 Å². The molecule has 2 N–H and O–H groups in total. The third-order valence-electron chi connectivity index (χ3n) is 3.20. The molecule has 2 aromatic rings. The van der Waals surface area contributed by atoms with Crippen LogP contribution in [0.25, 0.3) is 0 Å². The lowest BCUT2D eigenvalue weighted by atomic mass is 10.1. The van der Waals surface area contributed by atoms with E-state index >= 15 is 0 Å². The van der Waals surface area contributed by atoms with Crippen LogP contribution in [0.2, 0.25) is 0 Å². The van der Waals surface area contributed by atoms with Gasteiger partial charge in [0.15, 0.2) is 11.5 Å². The van der Waals surface area contributed by atoms with E-state index in [4.69, 9.17) is 9.47 Å². The van der Waals surface area contributed by atoms with Crippen molar-refractivity contribution in [1.82, 2.24) is 9.97 Å². The molecule has 0 radical (unpaired) electrons. The van der Waals surface area contributed by atoms with E-state index in [0.29, 0.717) is 36.2 Å². The van der Waals surface area contributed by atoms with Gasteiger partial charge in [-0.2, -0.15) is 0 Å². The number of amides is 1. The first kappa shape index (κ1) is 16.0. The van der Waals surface area contributed by atoms with Gasteiger partial charge in [-0.05, 0) is 32.9 Å². The molecule has 2 heterocycles. The van der Waals surface area contributed by atoms with Gasteiger partial charge in [-0.1, -0.05) is 0 Å². The number of benzene rings is 1. The van der Waals surface area contributed by atoms with Gasteiger partial charge in [0.25, 0.3) is 5.91 Å². The van der Waals surface area contributed by atoms with Gasteiger partial charge in [0.05, 0.1) is 0 Å². The molecule has 0 saturated carbocycles. The van der Waals surface area contributed by atoms with E-state index in [9.17, 15) is 4.79 Å². The summed E-state index contributed by atoms with van der Waals surface area (Å²) in [4.78, 5) is 20.6. The van der Waals surface area contributed by atoms with E-state index < -0.39 is 0 Å². The van der Waals surface area contributed by atoms with Gasteiger partial charge in [-0.25, -0.2) is 9.97 Å². The van der Waals surface area contributed by atoms with E-state index in [1.807, 2.05) is 20.8 Å². The second-order valence-electron chi connectivity index (χ2n) is 6.48. The first-order valence-corrected chi connectivity index (χ1v) is 7.72. The van der Waals surface area contributed by atoms with Crippen LogP contribution < -0.4 is 20.1 Å². The Labute approximate surface area is 140 Å². The molecule has 0 atom stereocenters. The molecule has 7 heteroatoms. The summed E-state index contributed by atoms with van der Waals surface area (Å²) in [5.41, 5.74) is 0.748. The number of fused-ring (bicyclic) bond motifs is 1. The molecule has 3 rings (SSSR count). The average molecular weight is 328 g/mol. The summed E-state index contributed by atoms with van der Waals surface area (Å²) < 4.78 is 11.0.